The Hall–Kier alpha value is -1.69. The van der Waals surface area contributed by atoms with Crippen molar-refractivity contribution in [2.45, 2.75) is 6.54 Å². The molecule has 0 atom stereocenters. The Labute approximate surface area is 87.2 Å². The maximum absolute atomic E-state index is 11.3. The predicted octanol–water partition coefficient (Wildman–Crippen LogP) is -0.542. The Morgan fingerprint density at radius 3 is 3.13 bits per heavy atom. The lowest BCUT2D eigenvalue weighted by atomic mass is 10.5. The minimum atomic E-state index is -0.137. The molecule has 6 heteroatoms. The number of imidazole rings is 1. The molecule has 0 saturated carbocycles. The van der Waals surface area contributed by atoms with Crippen LogP contribution in [0.1, 0.15) is 10.5 Å². The summed E-state index contributed by atoms with van der Waals surface area (Å²) in [6.45, 7) is 1.12. The minimum absolute atomic E-state index is 0.137. The first-order valence-corrected chi connectivity index (χ1v) is 4.49. The summed E-state index contributed by atoms with van der Waals surface area (Å²) in [5.74, 6) is -0.137. The highest BCUT2D eigenvalue weighted by molar-refractivity contribution is 5.76. The summed E-state index contributed by atoms with van der Waals surface area (Å²) in [6, 6.07) is 0. The lowest BCUT2D eigenvalue weighted by Gasteiger charge is -2.04. The molecule has 1 heterocycles. The number of amides is 1. The summed E-state index contributed by atoms with van der Waals surface area (Å²) >= 11 is 0. The van der Waals surface area contributed by atoms with Crippen molar-refractivity contribution in [3.05, 3.63) is 18.2 Å². The van der Waals surface area contributed by atoms with Crippen LogP contribution in [0.3, 0.4) is 0 Å². The van der Waals surface area contributed by atoms with E-state index in [9.17, 15) is 9.59 Å². The Balaban J connectivity index is 2.34. The molecular weight excluding hydrogens is 198 g/mol. The van der Waals surface area contributed by atoms with Crippen LogP contribution in [-0.2, 0) is 16.1 Å². The Morgan fingerprint density at radius 2 is 2.53 bits per heavy atom. The van der Waals surface area contributed by atoms with Gasteiger partial charge in [0.15, 0.2) is 6.29 Å². The summed E-state index contributed by atoms with van der Waals surface area (Å²) in [5, 5.41) is 2.66. The number of aldehydes is 1. The van der Waals surface area contributed by atoms with Crippen LogP contribution in [0.25, 0.3) is 0 Å². The maximum Gasteiger partial charge on any atom is 0.240 e. The molecule has 0 radical (unpaired) electrons. The monoisotopic (exact) mass is 211 g/mol. The summed E-state index contributed by atoms with van der Waals surface area (Å²) in [6.07, 6.45) is 3.60. The zero-order valence-corrected chi connectivity index (χ0v) is 8.47. The van der Waals surface area contributed by atoms with Crippen LogP contribution in [0.2, 0.25) is 0 Å². The average Bonchev–Trinajstić information content (AvgIpc) is 2.66. The summed E-state index contributed by atoms with van der Waals surface area (Å²) in [4.78, 5) is 25.4. The second-order valence-electron chi connectivity index (χ2n) is 2.93. The van der Waals surface area contributed by atoms with Crippen molar-refractivity contribution in [1.82, 2.24) is 14.9 Å². The fourth-order valence-electron chi connectivity index (χ4n) is 1.04. The van der Waals surface area contributed by atoms with Crippen molar-refractivity contribution in [3.63, 3.8) is 0 Å². The van der Waals surface area contributed by atoms with Crippen molar-refractivity contribution in [1.29, 1.82) is 0 Å². The number of aromatic nitrogens is 2. The van der Waals surface area contributed by atoms with Crippen molar-refractivity contribution in [2.24, 2.45) is 0 Å². The standard InChI is InChI=1S/C9H13N3O3/c1-15-3-2-10-9(14)5-12-4-8(6-13)11-7-12/h4,6-7H,2-3,5H2,1H3,(H,10,14). The molecule has 1 aromatic heterocycles. The molecule has 0 bridgehead atoms. The van der Waals surface area contributed by atoms with E-state index in [2.05, 4.69) is 10.3 Å². The van der Waals surface area contributed by atoms with Gasteiger partial charge in [0.1, 0.15) is 12.2 Å². The Morgan fingerprint density at radius 1 is 1.73 bits per heavy atom. The topological polar surface area (TPSA) is 73.2 Å². The van der Waals surface area contributed by atoms with Crippen molar-refractivity contribution in [2.75, 3.05) is 20.3 Å². The molecule has 0 fully saturated rings. The van der Waals surface area contributed by atoms with Gasteiger partial charge in [0.05, 0.1) is 12.9 Å². The smallest absolute Gasteiger partial charge is 0.240 e. The largest absolute Gasteiger partial charge is 0.383 e. The normalized spacial score (nSPS) is 9.93. The van der Waals surface area contributed by atoms with Crippen LogP contribution >= 0.6 is 0 Å². The fourth-order valence-corrected chi connectivity index (χ4v) is 1.04. The van der Waals surface area contributed by atoms with E-state index in [1.54, 1.807) is 11.7 Å². The summed E-state index contributed by atoms with van der Waals surface area (Å²) in [5.41, 5.74) is 0.319. The van der Waals surface area contributed by atoms with Crippen LogP contribution in [0.15, 0.2) is 12.5 Å². The highest BCUT2D eigenvalue weighted by atomic mass is 16.5. The highest BCUT2D eigenvalue weighted by Gasteiger charge is 2.02. The molecule has 0 spiro atoms. The Kier molecular flexibility index (Phi) is 4.49. The van der Waals surface area contributed by atoms with Gasteiger partial charge in [-0.05, 0) is 0 Å². The summed E-state index contributed by atoms with van der Waals surface area (Å²) < 4.78 is 6.33. The average molecular weight is 211 g/mol. The molecule has 1 aromatic rings. The van der Waals surface area contributed by atoms with Gasteiger partial charge >= 0.3 is 0 Å². The fraction of sp³-hybridized carbons (Fsp3) is 0.444. The number of methoxy groups -OCH3 is 1. The Bertz CT molecular complexity index is 335. The zero-order chi connectivity index (χ0) is 11.1. The van der Waals surface area contributed by atoms with Gasteiger partial charge < -0.3 is 14.6 Å². The number of ether oxygens (including phenoxy) is 1. The molecule has 1 rings (SSSR count). The number of hydrogen-bond donors (Lipinski definition) is 1. The van der Waals surface area contributed by atoms with Gasteiger partial charge in [0.2, 0.25) is 5.91 Å². The van der Waals surface area contributed by atoms with Crippen molar-refractivity contribution >= 4 is 12.2 Å². The number of nitrogens with one attached hydrogen (secondary N) is 1. The lowest BCUT2D eigenvalue weighted by Crippen LogP contribution is -2.30. The van der Waals surface area contributed by atoms with Gasteiger partial charge in [0, 0.05) is 19.9 Å². The van der Waals surface area contributed by atoms with E-state index in [-0.39, 0.29) is 12.5 Å². The molecule has 0 aromatic carbocycles. The highest BCUT2D eigenvalue weighted by Crippen LogP contribution is 1.92. The van der Waals surface area contributed by atoms with E-state index >= 15 is 0 Å². The third kappa shape index (κ3) is 3.90. The van der Waals surface area contributed by atoms with Crippen LogP contribution < -0.4 is 5.32 Å². The van der Waals surface area contributed by atoms with Crippen molar-refractivity contribution < 1.29 is 14.3 Å². The molecule has 0 aliphatic carbocycles. The first-order chi connectivity index (χ1) is 7.26. The van der Waals surface area contributed by atoms with E-state index in [0.717, 1.165) is 0 Å². The predicted molar refractivity (Wildman–Crippen MR) is 52.5 cm³/mol. The third-order valence-corrected chi connectivity index (χ3v) is 1.73. The van der Waals surface area contributed by atoms with Crippen LogP contribution in [0.4, 0.5) is 0 Å². The van der Waals surface area contributed by atoms with Crippen LogP contribution in [-0.4, -0.2) is 42.0 Å². The SMILES string of the molecule is COCCNC(=O)Cn1cnc(C=O)c1. The van der Waals surface area contributed by atoms with Gasteiger partial charge in [-0.2, -0.15) is 0 Å². The van der Waals surface area contributed by atoms with E-state index < -0.39 is 0 Å². The minimum Gasteiger partial charge on any atom is -0.383 e. The van der Waals surface area contributed by atoms with E-state index in [4.69, 9.17) is 4.74 Å². The third-order valence-electron chi connectivity index (χ3n) is 1.73. The van der Waals surface area contributed by atoms with Gasteiger partial charge in [-0.25, -0.2) is 4.98 Å². The molecule has 1 N–H and O–H groups in total. The molecule has 15 heavy (non-hydrogen) atoms. The van der Waals surface area contributed by atoms with Crippen molar-refractivity contribution in [3.8, 4) is 0 Å². The first-order valence-electron chi connectivity index (χ1n) is 4.49. The number of carbonyl (C=O) groups excluding carboxylic acids is 2. The van der Waals surface area contributed by atoms with Crippen LogP contribution in [0.5, 0.6) is 0 Å². The summed E-state index contributed by atoms with van der Waals surface area (Å²) in [7, 11) is 1.57. The maximum atomic E-state index is 11.3. The molecular formula is C9H13N3O3. The molecule has 0 saturated heterocycles. The number of rotatable bonds is 6. The second kappa shape index (κ2) is 5.92. The quantitative estimate of drug-likeness (QED) is 0.506. The van der Waals surface area contributed by atoms with Gasteiger partial charge in [0.25, 0.3) is 0 Å². The molecule has 0 aliphatic rings. The van der Waals surface area contributed by atoms with E-state index in [0.29, 0.717) is 25.1 Å². The molecule has 82 valence electrons. The number of hydrogen-bond acceptors (Lipinski definition) is 4. The zero-order valence-electron chi connectivity index (χ0n) is 8.47. The van der Waals surface area contributed by atoms with Gasteiger partial charge in [-0.3, -0.25) is 9.59 Å². The first kappa shape index (κ1) is 11.4. The second-order valence-corrected chi connectivity index (χ2v) is 2.93. The van der Waals surface area contributed by atoms with Crippen LogP contribution in [0, 0.1) is 0 Å². The molecule has 6 nitrogen and oxygen atoms in total. The molecule has 1 amide bonds. The number of carbonyl (C=O) groups is 2. The molecule has 0 aliphatic heterocycles. The van der Waals surface area contributed by atoms with Gasteiger partial charge in [-0.1, -0.05) is 0 Å². The van der Waals surface area contributed by atoms with E-state index in [1.807, 2.05) is 0 Å². The van der Waals surface area contributed by atoms with Gasteiger partial charge in [-0.15, -0.1) is 0 Å². The number of nitrogens with zero attached hydrogens (tertiary/aromatic N) is 2. The molecule has 0 unspecified atom stereocenters. The van der Waals surface area contributed by atoms with E-state index in [1.165, 1.54) is 12.5 Å². The lowest BCUT2D eigenvalue weighted by molar-refractivity contribution is -0.121.